The van der Waals surface area contributed by atoms with E-state index in [1.165, 1.54) is 62.5 Å². The Morgan fingerprint density at radius 3 is 2.07 bits per heavy atom. The van der Waals surface area contributed by atoms with E-state index in [1.807, 2.05) is 0 Å². The smallest absolute Gasteiger partial charge is 0.333 e. The minimum Gasteiger partial charge on any atom is -0.462 e. The molecule has 0 aromatic heterocycles. The molecule has 0 aliphatic heterocycles. The normalized spacial score (nSPS) is 28.5. The van der Waals surface area contributed by atoms with Gasteiger partial charge in [0, 0.05) is 12.0 Å². The number of benzene rings is 1. The summed E-state index contributed by atoms with van der Waals surface area (Å²) in [6.07, 6.45) is 12.2. The van der Waals surface area contributed by atoms with E-state index < -0.39 is 0 Å². The van der Waals surface area contributed by atoms with E-state index in [0.717, 1.165) is 30.1 Å². The zero-order valence-corrected chi connectivity index (χ0v) is 17.2. The lowest BCUT2D eigenvalue weighted by atomic mass is 9.68. The van der Waals surface area contributed by atoms with Crippen molar-refractivity contribution >= 4 is 5.97 Å². The average Bonchev–Trinajstić information content (AvgIpc) is 2.69. The summed E-state index contributed by atoms with van der Waals surface area (Å²) in [7, 11) is 0. The molecule has 2 aliphatic rings. The van der Waals surface area contributed by atoms with Crippen LogP contribution in [0.4, 0.5) is 0 Å². The Bertz CT molecular complexity index is 614. The summed E-state index contributed by atoms with van der Waals surface area (Å²) in [6, 6.07) is 9.00. The van der Waals surface area contributed by atoms with Gasteiger partial charge in [0.15, 0.2) is 0 Å². The zero-order valence-electron chi connectivity index (χ0n) is 17.2. The second-order valence-corrected chi connectivity index (χ2v) is 9.04. The lowest BCUT2D eigenvalue weighted by molar-refractivity contribution is -0.138. The maximum absolute atomic E-state index is 11.4. The molecule has 1 aromatic rings. The van der Waals surface area contributed by atoms with Crippen molar-refractivity contribution in [3.63, 3.8) is 0 Å². The quantitative estimate of drug-likeness (QED) is 0.426. The first-order valence-electron chi connectivity index (χ1n) is 10.9. The molecule has 0 N–H and O–H groups in total. The molecule has 2 fully saturated rings. The number of esters is 1. The topological polar surface area (TPSA) is 26.3 Å². The maximum atomic E-state index is 11.4. The van der Waals surface area contributed by atoms with Crippen molar-refractivity contribution in [1.82, 2.24) is 0 Å². The third kappa shape index (κ3) is 5.70. The lowest BCUT2D eigenvalue weighted by Crippen LogP contribution is -2.24. The van der Waals surface area contributed by atoms with Crippen LogP contribution >= 0.6 is 0 Å². The van der Waals surface area contributed by atoms with Gasteiger partial charge < -0.3 is 4.74 Å². The summed E-state index contributed by atoms with van der Waals surface area (Å²) in [4.78, 5) is 11.4. The van der Waals surface area contributed by atoms with Crippen LogP contribution in [0.2, 0.25) is 0 Å². The summed E-state index contributed by atoms with van der Waals surface area (Å²) in [5, 5.41) is 0. The number of hydrogen-bond acceptors (Lipinski definition) is 2. The van der Waals surface area contributed by atoms with Gasteiger partial charge in [-0.25, -0.2) is 4.79 Å². The number of hydrogen-bond donors (Lipinski definition) is 0. The molecule has 0 atom stereocenters. The van der Waals surface area contributed by atoms with E-state index in [9.17, 15) is 4.79 Å². The SMILES string of the molecule is C=C(C)C(=O)OCCc1ccc(C2CCC(C3CCC(C)CC3)CC2)cc1. The van der Waals surface area contributed by atoms with Gasteiger partial charge in [0.05, 0.1) is 6.61 Å². The Kier molecular flexibility index (Phi) is 7.15. The number of carbonyl (C=O) groups excluding carboxylic acids is 1. The van der Waals surface area contributed by atoms with Crippen LogP contribution in [0.5, 0.6) is 0 Å². The monoisotopic (exact) mass is 368 g/mol. The molecule has 2 nitrogen and oxygen atoms in total. The Morgan fingerprint density at radius 1 is 0.963 bits per heavy atom. The predicted molar refractivity (Wildman–Crippen MR) is 112 cm³/mol. The van der Waals surface area contributed by atoms with Crippen LogP contribution in [0.15, 0.2) is 36.4 Å². The van der Waals surface area contributed by atoms with E-state index in [1.54, 1.807) is 6.92 Å². The van der Waals surface area contributed by atoms with Crippen LogP contribution in [0, 0.1) is 17.8 Å². The van der Waals surface area contributed by atoms with Gasteiger partial charge in [-0.2, -0.15) is 0 Å². The maximum Gasteiger partial charge on any atom is 0.333 e. The van der Waals surface area contributed by atoms with Crippen molar-refractivity contribution in [3.8, 4) is 0 Å². The van der Waals surface area contributed by atoms with Gasteiger partial charge in [-0.05, 0) is 80.2 Å². The van der Waals surface area contributed by atoms with Crippen LogP contribution in [0.25, 0.3) is 0 Å². The molecule has 0 unspecified atom stereocenters. The molecule has 3 rings (SSSR count). The highest BCUT2D eigenvalue weighted by Crippen LogP contribution is 2.43. The molecule has 0 saturated heterocycles. The third-order valence-corrected chi connectivity index (χ3v) is 6.92. The van der Waals surface area contributed by atoms with Crippen molar-refractivity contribution in [3.05, 3.63) is 47.5 Å². The molecule has 1 aromatic carbocycles. The van der Waals surface area contributed by atoms with Crippen LogP contribution in [-0.2, 0) is 16.0 Å². The summed E-state index contributed by atoms with van der Waals surface area (Å²) in [5.74, 6) is 3.39. The molecule has 148 valence electrons. The van der Waals surface area contributed by atoms with Gasteiger partial charge in [-0.1, -0.05) is 50.6 Å². The largest absolute Gasteiger partial charge is 0.462 e. The predicted octanol–water partition coefficient (Wildman–Crippen LogP) is 6.45. The molecule has 0 spiro atoms. The van der Waals surface area contributed by atoms with Crippen molar-refractivity contribution < 1.29 is 9.53 Å². The van der Waals surface area contributed by atoms with Crippen molar-refractivity contribution in [2.45, 2.75) is 77.6 Å². The summed E-state index contributed by atoms with van der Waals surface area (Å²) >= 11 is 0. The summed E-state index contributed by atoms with van der Waals surface area (Å²) in [5.41, 5.74) is 3.19. The number of carbonyl (C=O) groups is 1. The standard InChI is InChI=1S/C25H36O2/c1-18(2)25(26)27-17-16-20-6-10-22(11-7-20)24-14-12-23(13-15-24)21-8-4-19(3)5-9-21/h6-7,10-11,19,21,23-24H,1,4-5,8-9,12-17H2,2-3H3. The van der Waals surface area contributed by atoms with Crippen molar-refractivity contribution in [2.24, 2.45) is 17.8 Å². The van der Waals surface area contributed by atoms with E-state index >= 15 is 0 Å². The molecule has 2 saturated carbocycles. The average molecular weight is 369 g/mol. The Morgan fingerprint density at radius 2 is 1.52 bits per heavy atom. The molecule has 0 radical (unpaired) electrons. The van der Waals surface area contributed by atoms with Gasteiger partial charge in [0.25, 0.3) is 0 Å². The number of ether oxygens (including phenoxy) is 1. The summed E-state index contributed by atoms with van der Waals surface area (Å²) < 4.78 is 5.19. The van der Waals surface area contributed by atoms with Crippen LogP contribution < -0.4 is 0 Å². The van der Waals surface area contributed by atoms with E-state index in [2.05, 4.69) is 37.8 Å². The number of rotatable bonds is 6. The lowest BCUT2D eigenvalue weighted by Gasteiger charge is -2.37. The van der Waals surface area contributed by atoms with Crippen molar-refractivity contribution in [2.75, 3.05) is 6.61 Å². The van der Waals surface area contributed by atoms with Gasteiger partial charge in [-0.15, -0.1) is 0 Å². The molecular formula is C25H36O2. The molecular weight excluding hydrogens is 332 g/mol. The highest BCUT2D eigenvalue weighted by atomic mass is 16.5. The van der Waals surface area contributed by atoms with E-state index in [0.29, 0.717) is 12.2 Å². The highest BCUT2D eigenvalue weighted by molar-refractivity contribution is 5.86. The first kappa shape index (κ1) is 20.2. The minimum absolute atomic E-state index is 0.296. The second kappa shape index (κ2) is 9.57. The Labute approximate surface area is 165 Å². The Balaban J connectivity index is 1.43. The first-order valence-corrected chi connectivity index (χ1v) is 10.9. The molecule has 27 heavy (non-hydrogen) atoms. The molecule has 0 amide bonds. The van der Waals surface area contributed by atoms with E-state index in [-0.39, 0.29) is 5.97 Å². The zero-order chi connectivity index (χ0) is 19.2. The fourth-order valence-electron chi connectivity index (χ4n) is 5.02. The molecule has 0 bridgehead atoms. The van der Waals surface area contributed by atoms with Gasteiger partial charge in [0.2, 0.25) is 0 Å². The van der Waals surface area contributed by atoms with Gasteiger partial charge in [-0.3, -0.25) is 0 Å². The van der Waals surface area contributed by atoms with Crippen LogP contribution in [0.1, 0.15) is 82.3 Å². The molecule has 0 heterocycles. The van der Waals surface area contributed by atoms with Crippen molar-refractivity contribution in [1.29, 1.82) is 0 Å². The van der Waals surface area contributed by atoms with Gasteiger partial charge >= 0.3 is 5.97 Å². The van der Waals surface area contributed by atoms with Crippen LogP contribution in [-0.4, -0.2) is 12.6 Å². The second-order valence-electron chi connectivity index (χ2n) is 9.04. The van der Waals surface area contributed by atoms with E-state index in [4.69, 9.17) is 4.74 Å². The summed E-state index contributed by atoms with van der Waals surface area (Å²) in [6.45, 7) is 8.13. The molecule has 2 aliphatic carbocycles. The minimum atomic E-state index is -0.296. The fourth-order valence-corrected chi connectivity index (χ4v) is 5.02. The van der Waals surface area contributed by atoms with Gasteiger partial charge in [0.1, 0.15) is 0 Å². The van der Waals surface area contributed by atoms with Crippen LogP contribution in [0.3, 0.4) is 0 Å². The Hall–Kier alpha value is -1.57. The third-order valence-electron chi connectivity index (χ3n) is 6.92. The molecule has 2 heteroatoms. The fraction of sp³-hybridized carbons (Fsp3) is 0.640. The highest BCUT2D eigenvalue weighted by Gasteiger charge is 2.30. The first-order chi connectivity index (χ1) is 13.0.